The topological polar surface area (TPSA) is 69.3 Å². The van der Waals surface area contributed by atoms with Crippen molar-refractivity contribution in [2.45, 2.75) is 32.7 Å². The zero-order valence-corrected chi connectivity index (χ0v) is 19.5. The van der Waals surface area contributed by atoms with Gasteiger partial charge in [-0.05, 0) is 72.8 Å². The molecule has 0 radical (unpaired) electrons. The Morgan fingerprint density at radius 3 is 2.67 bits per heavy atom. The van der Waals surface area contributed by atoms with Gasteiger partial charge in [0, 0.05) is 41.8 Å². The predicted octanol–water partition coefficient (Wildman–Crippen LogP) is 5.54. The average Bonchev–Trinajstić information content (AvgIpc) is 3.25. The molecular weight excluding hydrogens is 432 g/mol. The largest absolute Gasteiger partial charge is 0.358 e. The number of nitrogens with one attached hydrogen (secondary N) is 1. The lowest BCUT2D eigenvalue weighted by molar-refractivity contribution is -0.115. The molecule has 0 saturated carbocycles. The summed E-state index contributed by atoms with van der Waals surface area (Å²) in [6, 6.07) is 19.3. The van der Waals surface area contributed by atoms with Gasteiger partial charge in [0.15, 0.2) is 0 Å². The number of anilines is 1. The summed E-state index contributed by atoms with van der Waals surface area (Å²) in [5.41, 5.74) is 6.08. The number of nitrogens with zero attached hydrogens (tertiary/aromatic N) is 3. The lowest BCUT2D eigenvalue weighted by Gasteiger charge is -2.29. The van der Waals surface area contributed by atoms with Crippen molar-refractivity contribution in [3.8, 4) is 0 Å². The van der Waals surface area contributed by atoms with Gasteiger partial charge in [0.25, 0.3) is 5.91 Å². The van der Waals surface area contributed by atoms with E-state index < -0.39 is 0 Å². The summed E-state index contributed by atoms with van der Waals surface area (Å²) in [6.07, 6.45) is 1.66. The molecule has 5 rings (SSSR count). The number of carbonyl (C=O) groups excluding carboxylic acids is 2. The Hall–Kier alpha value is -3.58. The van der Waals surface area contributed by atoms with Gasteiger partial charge in [0.05, 0.1) is 0 Å². The minimum Gasteiger partial charge on any atom is -0.358 e. The number of aromatic nitrogens is 2. The summed E-state index contributed by atoms with van der Waals surface area (Å²) in [4.78, 5) is 35.5. The molecule has 2 aromatic carbocycles. The van der Waals surface area contributed by atoms with Crippen LogP contribution in [-0.2, 0) is 11.3 Å². The zero-order chi connectivity index (χ0) is 23.1. The smallest absolute Gasteiger partial charge is 0.255 e. The first-order valence-electron chi connectivity index (χ1n) is 10.8. The second kappa shape index (κ2) is 8.41. The summed E-state index contributed by atoms with van der Waals surface area (Å²) in [7, 11) is 0. The van der Waals surface area contributed by atoms with Gasteiger partial charge in [-0.2, -0.15) is 0 Å². The molecule has 2 amide bonds. The van der Waals surface area contributed by atoms with Crippen LogP contribution in [-0.4, -0.2) is 26.7 Å². The number of pyridine rings is 1. The third-order valence-electron chi connectivity index (χ3n) is 6.08. The molecule has 166 valence electrons. The van der Waals surface area contributed by atoms with Crippen LogP contribution in [0.4, 0.5) is 5.82 Å². The Bertz CT molecular complexity index is 1370. The Kier molecular flexibility index (Phi) is 5.42. The molecule has 33 heavy (non-hydrogen) atoms. The number of benzene rings is 2. The quantitative estimate of drug-likeness (QED) is 0.401. The second-order valence-corrected chi connectivity index (χ2v) is 9.26. The molecule has 1 aliphatic rings. The molecule has 4 aromatic rings. The van der Waals surface area contributed by atoms with Crippen molar-refractivity contribution in [1.82, 2.24) is 14.9 Å². The molecule has 1 N–H and O–H groups in total. The van der Waals surface area contributed by atoms with Crippen molar-refractivity contribution in [2.24, 2.45) is 0 Å². The van der Waals surface area contributed by atoms with Crippen LogP contribution in [0.2, 0.25) is 0 Å². The van der Waals surface area contributed by atoms with E-state index in [1.807, 2.05) is 41.3 Å². The number of aromatic amines is 1. The molecule has 1 aliphatic heterocycles. The zero-order valence-electron chi connectivity index (χ0n) is 18.7. The molecule has 0 spiro atoms. The van der Waals surface area contributed by atoms with Crippen LogP contribution in [0.15, 0.2) is 66.9 Å². The van der Waals surface area contributed by atoms with Crippen LogP contribution in [0.5, 0.6) is 0 Å². The first kappa shape index (κ1) is 21.3. The number of carbonyl (C=O) groups is 2. The first-order chi connectivity index (χ1) is 15.9. The van der Waals surface area contributed by atoms with Crippen molar-refractivity contribution in [1.29, 1.82) is 0 Å². The summed E-state index contributed by atoms with van der Waals surface area (Å²) >= 11 is 1.32. The van der Waals surface area contributed by atoms with Crippen molar-refractivity contribution >= 4 is 40.5 Å². The van der Waals surface area contributed by atoms with Gasteiger partial charge in [-0.1, -0.05) is 30.3 Å². The van der Waals surface area contributed by atoms with Crippen molar-refractivity contribution in [3.63, 3.8) is 0 Å². The average molecular weight is 457 g/mol. The molecule has 0 saturated heterocycles. The minimum atomic E-state index is -0.343. The highest BCUT2D eigenvalue weighted by Gasteiger charge is 2.39. The molecule has 2 aromatic heterocycles. The molecular formula is C26H24N4O2S. The van der Waals surface area contributed by atoms with E-state index in [-0.39, 0.29) is 17.2 Å². The van der Waals surface area contributed by atoms with Crippen LogP contribution >= 0.6 is 11.9 Å². The molecule has 1 unspecified atom stereocenters. The van der Waals surface area contributed by atoms with E-state index in [1.54, 1.807) is 16.6 Å². The Balaban J connectivity index is 1.52. The van der Waals surface area contributed by atoms with Gasteiger partial charge in [0.2, 0.25) is 5.91 Å². The molecule has 7 heteroatoms. The normalized spacial score (nSPS) is 15.2. The van der Waals surface area contributed by atoms with E-state index in [0.29, 0.717) is 17.9 Å². The molecule has 3 heterocycles. The van der Waals surface area contributed by atoms with Crippen LogP contribution < -0.4 is 4.31 Å². The van der Waals surface area contributed by atoms with Crippen LogP contribution in [0.25, 0.3) is 10.9 Å². The Morgan fingerprint density at radius 1 is 1.12 bits per heavy atom. The summed E-state index contributed by atoms with van der Waals surface area (Å²) in [6.45, 7) is 6.12. The minimum absolute atomic E-state index is 0.0327. The monoisotopic (exact) mass is 456 g/mol. The van der Waals surface area contributed by atoms with Crippen LogP contribution in [0.3, 0.4) is 0 Å². The molecule has 6 nitrogen and oxygen atoms in total. The van der Waals surface area contributed by atoms with E-state index in [2.05, 4.69) is 42.0 Å². The highest BCUT2D eigenvalue weighted by atomic mass is 32.2. The standard InChI is InChI=1S/C26H24N4O2S/c1-16-17(2)28-23-12-11-19(14-22(16)23)15-29-25(32)20-8-4-5-9-21(20)26(29)33-30(18(3)31)24-10-6-7-13-27-24/h4-14,26,28H,15H2,1-3H3. The fourth-order valence-electron chi connectivity index (χ4n) is 4.27. The summed E-state index contributed by atoms with van der Waals surface area (Å²) in [5, 5.41) is 0.821. The van der Waals surface area contributed by atoms with Crippen molar-refractivity contribution in [3.05, 3.63) is 94.8 Å². The first-order valence-corrected chi connectivity index (χ1v) is 11.6. The predicted molar refractivity (Wildman–Crippen MR) is 132 cm³/mol. The van der Waals surface area contributed by atoms with Crippen LogP contribution in [0, 0.1) is 13.8 Å². The molecule has 0 bridgehead atoms. The van der Waals surface area contributed by atoms with E-state index in [4.69, 9.17) is 0 Å². The SMILES string of the molecule is CC(=O)N(SC1c2ccccc2C(=O)N1Cc1ccc2[nH]c(C)c(C)c2c1)c1ccccn1. The van der Waals surface area contributed by atoms with Crippen LogP contribution in [0.1, 0.15) is 45.0 Å². The number of hydrogen-bond donors (Lipinski definition) is 1. The van der Waals surface area contributed by atoms with Crippen molar-refractivity contribution < 1.29 is 9.59 Å². The highest BCUT2D eigenvalue weighted by molar-refractivity contribution is 8.01. The van der Waals surface area contributed by atoms with Gasteiger partial charge in [-0.25, -0.2) is 9.29 Å². The molecule has 1 atom stereocenters. The van der Waals surface area contributed by atoms with Gasteiger partial charge in [-0.3, -0.25) is 9.59 Å². The fraction of sp³-hybridized carbons (Fsp3) is 0.192. The number of hydrogen-bond acceptors (Lipinski definition) is 4. The maximum absolute atomic E-state index is 13.4. The van der Waals surface area contributed by atoms with E-state index in [9.17, 15) is 9.59 Å². The second-order valence-electron chi connectivity index (χ2n) is 8.23. The number of H-pyrrole nitrogens is 1. The van der Waals surface area contributed by atoms with E-state index >= 15 is 0 Å². The molecule has 0 fully saturated rings. The number of fused-ring (bicyclic) bond motifs is 2. The summed E-state index contributed by atoms with van der Waals surface area (Å²) in [5.74, 6) is 0.372. The third kappa shape index (κ3) is 3.78. The Labute approximate surface area is 196 Å². The lowest BCUT2D eigenvalue weighted by Crippen LogP contribution is -2.30. The lowest BCUT2D eigenvalue weighted by atomic mass is 10.1. The fourth-order valence-corrected chi connectivity index (χ4v) is 5.44. The van der Waals surface area contributed by atoms with Gasteiger partial charge >= 0.3 is 0 Å². The van der Waals surface area contributed by atoms with E-state index in [0.717, 1.165) is 27.7 Å². The third-order valence-corrected chi connectivity index (χ3v) is 7.44. The Morgan fingerprint density at radius 2 is 1.91 bits per heavy atom. The van der Waals surface area contributed by atoms with Gasteiger partial charge in [0.1, 0.15) is 11.2 Å². The maximum Gasteiger partial charge on any atom is 0.255 e. The number of amides is 2. The van der Waals surface area contributed by atoms with Gasteiger partial charge < -0.3 is 9.88 Å². The number of rotatable bonds is 5. The number of aryl methyl sites for hydroxylation is 2. The van der Waals surface area contributed by atoms with Crippen molar-refractivity contribution in [2.75, 3.05) is 4.31 Å². The highest BCUT2D eigenvalue weighted by Crippen LogP contribution is 2.44. The molecule has 0 aliphatic carbocycles. The maximum atomic E-state index is 13.4. The van der Waals surface area contributed by atoms with E-state index in [1.165, 1.54) is 24.4 Å². The summed E-state index contributed by atoms with van der Waals surface area (Å²) < 4.78 is 1.57. The van der Waals surface area contributed by atoms with Gasteiger partial charge in [-0.15, -0.1) is 0 Å².